The molecule has 4 heteroatoms. The van der Waals surface area contributed by atoms with Gasteiger partial charge in [0.15, 0.2) is 0 Å². The fourth-order valence-corrected chi connectivity index (χ4v) is 1.40. The Kier molecular flexibility index (Phi) is 2.75. The molecule has 0 saturated heterocycles. The Bertz CT molecular complexity index is 457. The van der Waals surface area contributed by atoms with Gasteiger partial charge in [-0.25, -0.2) is 0 Å². The summed E-state index contributed by atoms with van der Waals surface area (Å²) in [4.78, 5) is 1.59. The van der Waals surface area contributed by atoms with Gasteiger partial charge < -0.3 is 5.11 Å². The van der Waals surface area contributed by atoms with E-state index >= 15 is 0 Å². The molecule has 0 spiro atoms. The molecule has 1 heterocycles. The van der Waals surface area contributed by atoms with Crippen LogP contribution in [0.25, 0.3) is 0 Å². The van der Waals surface area contributed by atoms with Gasteiger partial charge >= 0.3 is 0 Å². The van der Waals surface area contributed by atoms with Gasteiger partial charge in [0.2, 0.25) is 0 Å². The van der Waals surface area contributed by atoms with Crippen LogP contribution in [0.2, 0.25) is 0 Å². The van der Waals surface area contributed by atoms with Crippen LogP contribution in [0.4, 0.5) is 0 Å². The topological polar surface area (TPSA) is 50.9 Å². The van der Waals surface area contributed by atoms with Crippen LogP contribution in [0.3, 0.4) is 0 Å². The van der Waals surface area contributed by atoms with Crippen molar-refractivity contribution >= 4 is 0 Å². The molecule has 0 amide bonds. The largest absolute Gasteiger partial charge is 0.384 e. The molecule has 0 radical (unpaired) electrons. The zero-order valence-electron chi connectivity index (χ0n) is 9.46. The van der Waals surface area contributed by atoms with Crippen molar-refractivity contribution in [2.45, 2.75) is 26.0 Å². The quantitative estimate of drug-likeness (QED) is 0.848. The maximum Gasteiger partial charge on any atom is 0.114 e. The SMILES string of the molecule is CC(C)(O)c1cnn(Cc2ccccc2)n1. The van der Waals surface area contributed by atoms with Crippen molar-refractivity contribution in [3.05, 3.63) is 47.8 Å². The minimum Gasteiger partial charge on any atom is -0.384 e. The molecular formula is C12H15N3O. The van der Waals surface area contributed by atoms with Crippen molar-refractivity contribution < 1.29 is 5.11 Å². The Morgan fingerprint density at radius 1 is 1.25 bits per heavy atom. The number of benzene rings is 1. The van der Waals surface area contributed by atoms with Crippen LogP contribution in [0, 0.1) is 0 Å². The van der Waals surface area contributed by atoms with Gasteiger partial charge in [-0.3, -0.25) is 0 Å². The van der Waals surface area contributed by atoms with Crippen LogP contribution < -0.4 is 0 Å². The lowest BCUT2D eigenvalue weighted by molar-refractivity contribution is 0.0731. The second-order valence-corrected chi connectivity index (χ2v) is 4.30. The van der Waals surface area contributed by atoms with Gasteiger partial charge in [-0.15, -0.1) is 0 Å². The van der Waals surface area contributed by atoms with Crippen LogP contribution in [0.5, 0.6) is 0 Å². The molecule has 0 bridgehead atoms. The van der Waals surface area contributed by atoms with E-state index in [-0.39, 0.29) is 0 Å². The van der Waals surface area contributed by atoms with E-state index in [1.165, 1.54) is 0 Å². The average Bonchev–Trinajstić information content (AvgIpc) is 2.67. The van der Waals surface area contributed by atoms with Crippen LogP contribution in [-0.4, -0.2) is 20.1 Å². The Labute approximate surface area is 94.5 Å². The van der Waals surface area contributed by atoms with Crippen LogP contribution in [0.15, 0.2) is 36.5 Å². The molecule has 16 heavy (non-hydrogen) atoms. The number of hydrogen-bond acceptors (Lipinski definition) is 3. The molecule has 0 saturated carbocycles. The Balaban J connectivity index is 2.15. The van der Waals surface area contributed by atoms with Crippen LogP contribution in [0.1, 0.15) is 25.1 Å². The Morgan fingerprint density at radius 3 is 2.50 bits per heavy atom. The molecule has 84 valence electrons. The lowest BCUT2D eigenvalue weighted by Crippen LogP contribution is -2.17. The number of rotatable bonds is 3. The highest BCUT2D eigenvalue weighted by molar-refractivity contribution is 5.14. The van der Waals surface area contributed by atoms with Crippen molar-refractivity contribution in [2.24, 2.45) is 0 Å². The highest BCUT2D eigenvalue weighted by Crippen LogP contribution is 2.15. The summed E-state index contributed by atoms with van der Waals surface area (Å²) < 4.78 is 0. The summed E-state index contributed by atoms with van der Waals surface area (Å²) in [6, 6.07) is 9.98. The number of aromatic nitrogens is 3. The molecule has 0 aliphatic heterocycles. The van der Waals surface area contributed by atoms with Gasteiger partial charge in [-0.1, -0.05) is 30.3 Å². The van der Waals surface area contributed by atoms with E-state index in [0.29, 0.717) is 12.2 Å². The van der Waals surface area contributed by atoms with E-state index in [0.717, 1.165) is 5.56 Å². The molecule has 2 rings (SSSR count). The van der Waals surface area contributed by atoms with E-state index in [1.54, 1.807) is 24.8 Å². The van der Waals surface area contributed by atoms with Crippen LogP contribution in [-0.2, 0) is 12.1 Å². The fourth-order valence-electron chi connectivity index (χ4n) is 1.40. The first kappa shape index (κ1) is 10.8. The molecular weight excluding hydrogens is 202 g/mol. The van der Waals surface area contributed by atoms with Crippen molar-refractivity contribution in [2.75, 3.05) is 0 Å². The second-order valence-electron chi connectivity index (χ2n) is 4.30. The normalized spacial score (nSPS) is 11.7. The minimum absolute atomic E-state index is 0.587. The highest BCUT2D eigenvalue weighted by atomic mass is 16.3. The lowest BCUT2D eigenvalue weighted by atomic mass is 10.1. The van der Waals surface area contributed by atoms with E-state index < -0.39 is 5.60 Å². The summed E-state index contributed by atoms with van der Waals surface area (Å²) >= 11 is 0. The van der Waals surface area contributed by atoms with E-state index in [4.69, 9.17) is 0 Å². The molecule has 2 aromatic rings. The van der Waals surface area contributed by atoms with E-state index in [1.807, 2.05) is 30.3 Å². The summed E-state index contributed by atoms with van der Waals surface area (Å²) in [6.45, 7) is 4.02. The minimum atomic E-state index is -0.936. The maximum absolute atomic E-state index is 9.75. The molecule has 0 fully saturated rings. The molecule has 1 N–H and O–H groups in total. The lowest BCUT2D eigenvalue weighted by Gasteiger charge is -2.12. The summed E-state index contributed by atoms with van der Waals surface area (Å²) in [6.07, 6.45) is 1.60. The first-order chi connectivity index (χ1) is 7.55. The van der Waals surface area contributed by atoms with Crippen LogP contribution >= 0.6 is 0 Å². The van der Waals surface area contributed by atoms with Crippen molar-refractivity contribution in [3.63, 3.8) is 0 Å². The smallest absolute Gasteiger partial charge is 0.114 e. The van der Waals surface area contributed by atoms with Gasteiger partial charge in [0.1, 0.15) is 11.3 Å². The molecule has 0 atom stereocenters. The molecule has 1 aromatic carbocycles. The summed E-state index contributed by atoms with van der Waals surface area (Å²) in [7, 11) is 0. The molecule has 0 unspecified atom stereocenters. The number of hydrogen-bond donors (Lipinski definition) is 1. The fraction of sp³-hybridized carbons (Fsp3) is 0.333. The first-order valence-corrected chi connectivity index (χ1v) is 5.22. The molecule has 0 aliphatic rings. The summed E-state index contributed by atoms with van der Waals surface area (Å²) in [5, 5.41) is 18.1. The first-order valence-electron chi connectivity index (χ1n) is 5.22. The highest BCUT2D eigenvalue weighted by Gasteiger charge is 2.19. The van der Waals surface area contributed by atoms with E-state index in [2.05, 4.69) is 10.2 Å². The molecule has 1 aromatic heterocycles. The number of nitrogens with zero attached hydrogens (tertiary/aromatic N) is 3. The van der Waals surface area contributed by atoms with Gasteiger partial charge in [-0.05, 0) is 19.4 Å². The second kappa shape index (κ2) is 4.06. The third-order valence-corrected chi connectivity index (χ3v) is 2.33. The van der Waals surface area contributed by atoms with E-state index in [9.17, 15) is 5.11 Å². The van der Waals surface area contributed by atoms with Gasteiger partial charge in [-0.2, -0.15) is 15.0 Å². The maximum atomic E-state index is 9.75. The third kappa shape index (κ3) is 2.46. The number of aliphatic hydroxyl groups is 1. The van der Waals surface area contributed by atoms with Gasteiger partial charge in [0.05, 0.1) is 12.7 Å². The zero-order valence-corrected chi connectivity index (χ0v) is 9.46. The monoisotopic (exact) mass is 217 g/mol. The predicted molar refractivity (Wildman–Crippen MR) is 60.8 cm³/mol. The van der Waals surface area contributed by atoms with Gasteiger partial charge in [0, 0.05) is 0 Å². The Hall–Kier alpha value is -1.68. The predicted octanol–water partition coefficient (Wildman–Crippen LogP) is 1.55. The average molecular weight is 217 g/mol. The summed E-state index contributed by atoms with van der Waals surface area (Å²) in [5.41, 5.74) is 0.790. The van der Waals surface area contributed by atoms with Crippen molar-refractivity contribution in [3.8, 4) is 0 Å². The molecule has 0 aliphatic carbocycles. The van der Waals surface area contributed by atoms with Gasteiger partial charge in [0.25, 0.3) is 0 Å². The third-order valence-electron chi connectivity index (χ3n) is 2.33. The van der Waals surface area contributed by atoms with Crippen molar-refractivity contribution in [1.82, 2.24) is 15.0 Å². The molecule has 4 nitrogen and oxygen atoms in total. The zero-order chi connectivity index (χ0) is 11.6. The Morgan fingerprint density at radius 2 is 1.94 bits per heavy atom. The standard InChI is InChI=1S/C12H15N3O/c1-12(2,16)11-8-13-15(14-11)9-10-6-4-3-5-7-10/h3-8,16H,9H2,1-2H3. The summed E-state index contributed by atoms with van der Waals surface area (Å²) in [5.74, 6) is 0. The van der Waals surface area contributed by atoms with Crippen molar-refractivity contribution in [1.29, 1.82) is 0 Å².